The van der Waals surface area contributed by atoms with Gasteiger partial charge in [-0.05, 0) is 25.0 Å². The number of piperazine rings is 1. The highest BCUT2D eigenvalue weighted by molar-refractivity contribution is 5.88. The number of hydrogen-bond acceptors (Lipinski definition) is 3. The van der Waals surface area contributed by atoms with E-state index in [-0.39, 0.29) is 5.91 Å². The van der Waals surface area contributed by atoms with Crippen LogP contribution in [0.3, 0.4) is 0 Å². The molecule has 132 valence electrons. The average Bonchev–Trinajstić information content (AvgIpc) is 3.37. The van der Waals surface area contributed by atoms with Crippen molar-refractivity contribution >= 4 is 22.8 Å². The van der Waals surface area contributed by atoms with E-state index in [1.807, 2.05) is 28.0 Å². The predicted molar refractivity (Wildman–Crippen MR) is 97.6 cm³/mol. The third-order valence-corrected chi connectivity index (χ3v) is 4.89. The second-order valence-electron chi connectivity index (χ2n) is 6.71. The monoisotopic (exact) mass is 340 g/mol. The normalized spacial score (nSPS) is 18.9. The Hall–Kier alpha value is -2.50. The van der Waals surface area contributed by atoms with Crippen molar-refractivity contribution in [3.8, 4) is 0 Å². The van der Waals surface area contributed by atoms with Crippen LogP contribution >= 0.6 is 0 Å². The lowest BCUT2D eigenvalue weighted by molar-refractivity contribution is -0.135. The van der Waals surface area contributed by atoms with Crippen molar-refractivity contribution in [3.05, 3.63) is 36.1 Å². The molecule has 0 unspecified atom stereocenters. The molecule has 2 fully saturated rings. The van der Waals surface area contributed by atoms with Gasteiger partial charge < -0.3 is 19.5 Å². The molecule has 0 radical (unpaired) electrons. The average molecular weight is 340 g/mol. The molecule has 1 saturated heterocycles. The fraction of sp³-hybridized carbons (Fsp3) is 0.474. The minimum Gasteiger partial charge on any atom is -0.461 e. The topological polar surface area (TPSA) is 61.1 Å². The number of carbonyl (C=O) groups excluding carboxylic acids is 1. The quantitative estimate of drug-likeness (QED) is 0.682. The van der Waals surface area contributed by atoms with Gasteiger partial charge in [-0.15, -0.1) is 0 Å². The molecule has 1 saturated carbocycles. The summed E-state index contributed by atoms with van der Waals surface area (Å²) in [5.41, 5.74) is 0.920. The minimum absolute atomic E-state index is 0.217. The van der Waals surface area contributed by atoms with Crippen molar-refractivity contribution in [1.29, 1.82) is 0 Å². The standard InChI is InChI=1S/C19H24N4O2/c1-20-19(22-10-11-23(15-6-7-15)18(24)13-22)21-9-8-16-12-14-4-2-3-5-17(14)25-16/h2-5,12,15H,6-11,13H2,1H3,(H,20,21). The van der Waals surface area contributed by atoms with Crippen LogP contribution in [0.25, 0.3) is 11.0 Å². The van der Waals surface area contributed by atoms with Crippen LogP contribution in [0, 0.1) is 0 Å². The molecule has 0 bridgehead atoms. The highest BCUT2D eigenvalue weighted by Crippen LogP contribution is 2.28. The predicted octanol–water partition coefficient (Wildman–Crippen LogP) is 1.86. The van der Waals surface area contributed by atoms with E-state index in [1.165, 1.54) is 0 Å². The van der Waals surface area contributed by atoms with Gasteiger partial charge in [-0.2, -0.15) is 0 Å². The van der Waals surface area contributed by atoms with E-state index in [9.17, 15) is 4.79 Å². The molecular weight excluding hydrogens is 316 g/mol. The highest BCUT2D eigenvalue weighted by Gasteiger charge is 2.36. The first-order valence-electron chi connectivity index (χ1n) is 8.97. The lowest BCUT2D eigenvalue weighted by Gasteiger charge is -2.36. The summed E-state index contributed by atoms with van der Waals surface area (Å²) in [6.07, 6.45) is 3.11. The largest absolute Gasteiger partial charge is 0.461 e. The molecule has 1 aromatic carbocycles. The summed E-state index contributed by atoms with van der Waals surface area (Å²) in [6.45, 7) is 2.78. The molecule has 1 N–H and O–H groups in total. The summed E-state index contributed by atoms with van der Waals surface area (Å²) < 4.78 is 5.84. The number of fused-ring (bicyclic) bond motifs is 1. The van der Waals surface area contributed by atoms with E-state index in [2.05, 4.69) is 22.4 Å². The zero-order valence-corrected chi connectivity index (χ0v) is 14.6. The Labute approximate surface area is 147 Å². The fourth-order valence-corrected chi connectivity index (χ4v) is 3.43. The number of rotatable bonds is 4. The van der Waals surface area contributed by atoms with Crippen LogP contribution in [0.2, 0.25) is 0 Å². The van der Waals surface area contributed by atoms with Gasteiger partial charge in [0.1, 0.15) is 11.3 Å². The van der Waals surface area contributed by atoms with Crippen LogP contribution < -0.4 is 5.32 Å². The van der Waals surface area contributed by atoms with Gasteiger partial charge in [-0.25, -0.2) is 0 Å². The smallest absolute Gasteiger partial charge is 0.242 e. The van der Waals surface area contributed by atoms with Crippen molar-refractivity contribution in [2.45, 2.75) is 25.3 Å². The van der Waals surface area contributed by atoms with Crippen molar-refractivity contribution in [1.82, 2.24) is 15.1 Å². The molecule has 1 aliphatic carbocycles. The third kappa shape index (κ3) is 3.48. The van der Waals surface area contributed by atoms with Crippen LogP contribution in [0.15, 0.2) is 39.7 Å². The number of amides is 1. The Bertz CT molecular complexity index is 761. The number of guanidine groups is 1. The molecule has 4 rings (SSSR count). The first-order valence-corrected chi connectivity index (χ1v) is 8.97. The van der Waals surface area contributed by atoms with E-state index in [0.29, 0.717) is 12.6 Å². The summed E-state index contributed by atoms with van der Waals surface area (Å²) in [5.74, 6) is 1.97. The van der Waals surface area contributed by atoms with E-state index >= 15 is 0 Å². The van der Waals surface area contributed by atoms with Gasteiger partial charge in [0, 0.05) is 44.5 Å². The summed E-state index contributed by atoms with van der Waals surface area (Å²) in [4.78, 5) is 20.7. The van der Waals surface area contributed by atoms with Gasteiger partial charge in [0.15, 0.2) is 5.96 Å². The maximum absolute atomic E-state index is 12.3. The van der Waals surface area contributed by atoms with E-state index in [0.717, 1.165) is 61.6 Å². The van der Waals surface area contributed by atoms with Gasteiger partial charge in [0.05, 0.1) is 6.54 Å². The van der Waals surface area contributed by atoms with Gasteiger partial charge in [0.25, 0.3) is 0 Å². The molecule has 0 atom stereocenters. The maximum Gasteiger partial charge on any atom is 0.242 e. The van der Waals surface area contributed by atoms with Gasteiger partial charge in [0.2, 0.25) is 5.91 Å². The van der Waals surface area contributed by atoms with E-state index < -0.39 is 0 Å². The maximum atomic E-state index is 12.3. The number of benzene rings is 1. The second kappa shape index (κ2) is 6.78. The summed E-state index contributed by atoms with van der Waals surface area (Å²) in [6, 6.07) is 10.6. The Kier molecular flexibility index (Phi) is 4.34. The van der Waals surface area contributed by atoms with Crippen LogP contribution in [-0.4, -0.2) is 60.9 Å². The molecule has 2 aromatic rings. The SMILES string of the molecule is CN=C(NCCc1cc2ccccc2o1)N1CCN(C2CC2)C(=O)C1. The van der Waals surface area contributed by atoms with Crippen molar-refractivity contribution < 1.29 is 9.21 Å². The van der Waals surface area contributed by atoms with Crippen LogP contribution in [0.4, 0.5) is 0 Å². The van der Waals surface area contributed by atoms with E-state index in [1.54, 1.807) is 7.05 Å². The van der Waals surface area contributed by atoms with Crippen molar-refractivity contribution in [2.24, 2.45) is 4.99 Å². The molecule has 6 heteroatoms. The van der Waals surface area contributed by atoms with E-state index in [4.69, 9.17) is 4.42 Å². The number of hydrogen-bond donors (Lipinski definition) is 1. The fourth-order valence-electron chi connectivity index (χ4n) is 3.43. The third-order valence-electron chi connectivity index (χ3n) is 4.89. The van der Waals surface area contributed by atoms with Crippen LogP contribution in [-0.2, 0) is 11.2 Å². The molecule has 0 spiro atoms. The number of furan rings is 1. The Morgan fingerprint density at radius 2 is 2.16 bits per heavy atom. The number of para-hydroxylation sites is 1. The summed E-state index contributed by atoms with van der Waals surface area (Å²) >= 11 is 0. The molecule has 1 amide bonds. The number of nitrogens with zero attached hydrogens (tertiary/aromatic N) is 3. The Balaban J connectivity index is 1.31. The highest BCUT2D eigenvalue weighted by atomic mass is 16.3. The first-order chi connectivity index (χ1) is 12.2. The Morgan fingerprint density at radius 1 is 1.32 bits per heavy atom. The zero-order chi connectivity index (χ0) is 17.2. The van der Waals surface area contributed by atoms with Crippen molar-refractivity contribution in [3.63, 3.8) is 0 Å². The molecule has 6 nitrogen and oxygen atoms in total. The van der Waals surface area contributed by atoms with Crippen LogP contribution in [0.5, 0.6) is 0 Å². The molecule has 1 aliphatic heterocycles. The minimum atomic E-state index is 0.217. The molecular formula is C19H24N4O2. The number of aliphatic imine (C=N–C) groups is 1. The number of carbonyl (C=O) groups is 1. The lowest BCUT2D eigenvalue weighted by Crippen LogP contribution is -2.55. The van der Waals surface area contributed by atoms with Gasteiger partial charge in [-0.3, -0.25) is 9.79 Å². The summed E-state index contributed by atoms with van der Waals surface area (Å²) in [5, 5.41) is 4.49. The van der Waals surface area contributed by atoms with Gasteiger partial charge >= 0.3 is 0 Å². The lowest BCUT2D eigenvalue weighted by atomic mass is 10.2. The molecule has 1 aromatic heterocycles. The molecule has 2 aliphatic rings. The van der Waals surface area contributed by atoms with Gasteiger partial charge in [-0.1, -0.05) is 18.2 Å². The Morgan fingerprint density at radius 3 is 2.88 bits per heavy atom. The first kappa shape index (κ1) is 16.0. The molecule has 25 heavy (non-hydrogen) atoms. The number of nitrogens with one attached hydrogen (secondary N) is 1. The van der Waals surface area contributed by atoms with Crippen LogP contribution in [0.1, 0.15) is 18.6 Å². The summed E-state index contributed by atoms with van der Waals surface area (Å²) in [7, 11) is 1.77. The van der Waals surface area contributed by atoms with Crippen molar-refractivity contribution in [2.75, 3.05) is 33.2 Å². The zero-order valence-electron chi connectivity index (χ0n) is 14.6. The second-order valence-corrected chi connectivity index (χ2v) is 6.71. The molecule has 2 heterocycles.